The Kier molecular flexibility index (Phi) is 3.03. The van der Waals surface area contributed by atoms with Crippen LogP contribution in [0.2, 0.25) is 0 Å². The van der Waals surface area contributed by atoms with Gasteiger partial charge in [0.05, 0.1) is 0 Å². The highest BCUT2D eigenvalue weighted by molar-refractivity contribution is 5.97. The molecule has 116 valence electrons. The maximum atomic E-state index is 12.5. The summed E-state index contributed by atoms with van der Waals surface area (Å²) in [5, 5.41) is 0. The summed E-state index contributed by atoms with van der Waals surface area (Å²) in [4.78, 5) is 28.7. The molecule has 1 aliphatic carbocycles. The van der Waals surface area contributed by atoms with Gasteiger partial charge in [-0.15, -0.1) is 0 Å². The minimum absolute atomic E-state index is 0.0239. The Bertz CT molecular complexity index is 638. The number of aryl methyl sites for hydroxylation is 1. The van der Waals surface area contributed by atoms with Crippen LogP contribution in [0.3, 0.4) is 0 Å². The molecule has 0 N–H and O–H groups in total. The fourth-order valence-electron chi connectivity index (χ4n) is 3.97. The molecule has 4 heteroatoms. The Morgan fingerprint density at radius 1 is 1.23 bits per heavy atom. The first-order chi connectivity index (χ1) is 10.6. The maximum Gasteiger partial charge on any atom is 0.227 e. The Labute approximate surface area is 131 Å². The van der Waals surface area contributed by atoms with E-state index in [0.29, 0.717) is 12.3 Å². The topological polar surface area (TPSA) is 40.6 Å². The molecule has 3 fully saturated rings. The number of hydrogen-bond acceptors (Lipinski definition) is 2. The third-order valence-corrected chi connectivity index (χ3v) is 5.40. The van der Waals surface area contributed by atoms with Crippen molar-refractivity contribution in [3.63, 3.8) is 0 Å². The molecule has 2 heterocycles. The Hall–Kier alpha value is -1.84. The number of anilines is 1. The van der Waals surface area contributed by atoms with Crippen molar-refractivity contribution in [1.29, 1.82) is 0 Å². The van der Waals surface area contributed by atoms with Gasteiger partial charge in [0.2, 0.25) is 11.8 Å². The molecular formula is C18H22N2O2. The predicted octanol–water partition coefficient (Wildman–Crippen LogP) is 2.36. The Morgan fingerprint density at radius 2 is 2.00 bits per heavy atom. The standard InChI is InChI=1S/C18H22N2O2/c1-13-4-2-3-5-15(13)20-12-18(10-16(20)21)8-9-19(11-18)17(22)14-6-7-14/h2-5,14H,6-12H2,1H3. The number of benzene rings is 1. The van der Waals surface area contributed by atoms with Crippen LogP contribution in [-0.2, 0) is 9.59 Å². The van der Waals surface area contributed by atoms with Crippen LogP contribution in [0.1, 0.15) is 31.2 Å². The highest BCUT2D eigenvalue weighted by Gasteiger charge is 2.50. The molecule has 0 radical (unpaired) electrons. The second-order valence-electron chi connectivity index (χ2n) is 7.23. The number of rotatable bonds is 2. The van der Waals surface area contributed by atoms with Gasteiger partial charge in [-0.3, -0.25) is 9.59 Å². The lowest BCUT2D eigenvalue weighted by atomic mass is 9.86. The molecule has 3 aliphatic rings. The van der Waals surface area contributed by atoms with E-state index in [4.69, 9.17) is 0 Å². The van der Waals surface area contributed by atoms with Crippen LogP contribution in [0.5, 0.6) is 0 Å². The molecule has 4 rings (SSSR count). The highest BCUT2D eigenvalue weighted by Crippen LogP contribution is 2.44. The van der Waals surface area contributed by atoms with E-state index in [0.717, 1.165) is 50.1 Å². The summed E-state index contributed by atoms with van der Waals surface area (Å²) in [5.74, 6) is 0.799. The van der Waals surface area contributed by atoms with Gasteiger partial charge in [0, 0.05) is 43.1 Å². The molecule has 0 bridgehead atoms. The van der Waals surface area contributed by atoms with Gasteiger partial charge < -0.3 is 9.80 Å². The molecule has 22 heavy (non-hydrogen) atoms. The predicted molar refractivity (Wildman–Crippen MR) is 84.5 cm³/mol. The lowest BCUT2D eigenvalue weighted by molar-refractivity contribution is -0.132. The van der Waals surface area contributed by atoms with Crippen molar-refractivity contribution >= 4 is 17.5 Å². The molecule has 2 amide bonds. The van der Waals surface area contributed by atoms with Gasteiger partial charge in [-0.05, 0) is 37.8 Å². The number of carbonyl (C=O) groups excluding carboxylic acids is 2. The Morgan fingerprint density at radius 3 is 2.73 bits per heavy atom. The van der Waals surface area contributed by atoms with Gasteiger partial charge in [-0.2, -0.15) is 0 Å². The molecule has 0 aromatic heterocycles. The number of amides is 2. The van der Waals surface area contributed by atoms with Crippen molar-refractivity contribution in [2.45, 2.75) is 32.6 Å². The molecule has 1 atom stereocenters. The van der Waals surface area contributed by atoms with Gasteiger partial charge in [-0.1, -0.05) is 18.2 Å². The summed E-state index contributed by atoms with van der Waals surface area (Å²) in [6, 6.07) is 8.05. The van der Waals surface area contributed by atoms with E-state index in [1.54, 1.807) is 0 Å². The summed E-state index contributed by atoms with van der Waals surface area (Å²) in [7, 11) is 0. The summed E-state index contributed by atoms with van der Waals surface area (Å²) in [6.45, 7) is 4.39. The molecule has 1 saturated carbocycles. The van der Waals surface area contributed by atoms with Crippen molar-refractivity contribution in [1.82, 2.24) is 4.90 Å². The lowest BCUT2D eigenvalue weighted by Gasteiger charge is -2.25. The van der Waals surface area contributed by atoms with Crippen molar-refractivity contribution in [2.75, 3.05) is 24.5 Å². The quantitative estimate of drug-likeness (QED) is 0.841. The van der Waals surface area contributed by atoms with Crippen molar-refractivity contribution in [3.8, 4) is 0 Å². The van der Waals surface area contributed by atoms with E-state index >= 15 is 0 Å². The second kappa shape index (κ2) is 4.83. The van der Waals surface area contributed by atoms with E-state index in [1.807, 2.05) is 41.0 Å². The zero-order valence-corrected chi connectivity index (χ0v) is 13.0. The Balaban J connectivity index is 1.52. The van der Waals surface area contributed by atoms with Crippen molar-refractivity contribution in [2.24, 2.45) is 11.3 Å². The van der Waals surface area contributed by atoms with E-state index in [1.165, 1.54) is 0 Å². The van der Waals surface area contributed by atoms with E-state index in [9.17, 15) is 9.59 Å². The van der Waals surface area contributed by atoms with Crippen LogP contribution < -0.4 is 4.90 Å². The lowest BCUT2D eigenvalue weighted by Crippen LogP contribution is -2.35. The average Bonchev–Trinajstić information content (AvgIpc) is 3.20. The fraction of sp³-hybridized carbons (Fsp3) is 0.556. The van der Waals surface area contributed by atoms with Crippen LogP contribution in [0.4, 0.5) is 5.69 Å². The monoisotopic (exact) mass is 298 g/mol. The summed E-state index contributed by atoms with van der Waals surface area (Å²) >= 11 is 0. The second-order valence-corrected chi connectivity index (χ2v) is 7.23. The van der Waals surface area contributed by atoms with Crippen LogP contribution >= 0.6 is 0 Å². The van der Waals surface area contributed by atoms with Crippen LogP contribution in [-0.4, -0.2) is 36.3 Å². The van der Waals surface area contributed by atoms with Crippen molar-refractivity contribution < 1.29 is 9.59 Å². The van der Waals surface area contributed by atoms with E-state index < -0.39 is 0 Å². The normalized spacial score (nSPS) is 28.0. The first-order valence-corrected chi connectivity index (χ1v) is 8.23. The number of likely N-dealkylation sites (tertiary alicyclic amines) is 1. The average molecular weight is 298 g/mol. The van der Waals surface area contributed by atoms with E-state index in [-0.39, 0.29) is 17.2 Å². The van der Waals surface area contributed by atoms with Gasteiger partial charge in [0.15, 0.2) is 0 Å². The largest absolute Gasteiger partial charge is 0.342 e. The zero-order valence-electron chi connectivity index (χ0n) is 13.0. The smallest absolute Gasteiger partial charge is 0.227 e. The minimum Gasteiger partial charge on any atom is -0.342 e. The summed E-state index contributed by atoms with van der Waals surface area (Å²) < 4.78 is 0. The third-order valence-electron chi connectivity index (χ3n) is 5.40. The molecule has 2 saturated heterocycles. The third kappa shape index (κ3) is 2.21. The number of para-hydroxylation sites is 1. The van der Waals surface area contributed by atoms with E-state index in [2.05, 4.69) is 0 Å². The summed E-state index contributed by atoms with van der Waals surface area (Å²) in [5.41, 5.74) is 2.14. The first-order valence-electron chi connectivity index (χ1n) is 8.23. The number of nitrogens with zero attached hydrogens (tertiary/aromatic N) is 2. The molecule has 1 unspecified atom stereocenters. The van der Waals surface area contributed by atoms with Crippen molar-refractivity contribution in [3.05, 3.63) is 29.8 Å². The SMILES string of the molecule is Cc1ccccc1N1CC2(CCN(C(=O)C3CC3)C2)CC1=O. The molecule has 1 spiro atoms. The summed E-state index contributed by atoms with van der Waals surface area (Å²) in [6.07, 6.45) is 3.64. The molecular weight excluding hydrogens is 276 g/mol. The van der Waals surface area contributed by atoms with Crippen LogP contribution in [0.15, 0.2) is 24.3 Å². The molecule has 1 aromatic rings. The fourth-order valence-corrected chi connectivity index (χ4v) is 3.97. The molecule has 2 aliphatic heterocycles. The van der Waals surface area contributed by atoms with Crippen LogP contribution in [0.25, 0.3) is 0 Å². The highest BCUT2D eigenvalue weighted by atomic mass is 16.2. The van der Waals surface area contributed by atoms with Gasteiger partial charge in [-0.25, -0.2) is 0 Å². The van der Waals surface area contributed by atoms with Gasteiger partial charge in [0.25, 0.3) is 0 Å². The number of hydrogen-bond donors (Lipinski definition) is 0. The van der Waals surface area contributed by atoms with Gasteiger partial charge >= 0.3 is 0 Å². The van der Waals surface area contributed by atoms with Gasteiger partial charge in [0.1, 0.15) is 0 Å². The van der Waals surface area contributed by atoms with Crippen LogP contribution in [0, 0.1) is 18.3 Å². The molecule has 1 aromatic carbocycles. The number of carbonyl (C=O) groups is 2. The zero-order chi connectivity index (χ0) is 15.3. The minimum atomic E-state index is -0.0239. The maximum absolute atomic E-state index is 12.5. The first kappa shape index (κ1) is 13.8. The molecule has 4 nitrogen and oxygen atoms in total.